The zero-order chi connectivity index (χ0) is 16.9. The third kappa shape index (κ3) is 4.44. The maximum Gasteiger partial charge on any atom is 0.239 e. The Kier molecular flexibility index (Phi) is 5.30. The summed E-state index contributed by atoms with van der Waals surface area (Å²) in [5.41, 5.74) is 0. The van der Waals surface area contributed by atoms with Crippen LogP contribution in [-0.4, -0.2) is 59.5 Å². The summed E-state index contributed by atoms with van der Waals surface area (Å²) in [6.07, 6.45) is 7.11. The molecule has 7 heteroatoms. The second-order valence-corrected chi connectivity index (χ2v) is 6.50. The SMILES string of the molecule is Cc1cc(NC(=O)CN2CCN(C(=O)C[C@H]3C=CCC3)CC2)no1. The summed E-state index contributed by atoms with van der Waals surface area (Å²) in [4.78, 5) is 28.3. The number of carbonyl (C=O) groups is 2. The number of rotatable bonds is 5. The van der Waals surface area contributed by atoms with Gasteiger partial charge in [-0.3, -0.25) is 14.5 Å². The van der Waals surface area contributed by atoms with Crippen molar-refractivity contribution in [2.75, 3.05) is 38.0 Å². The predicted octanol–water partition coefficient (Wildman–Crippen LogP) is 1.42. The Balaban J connectivity index is 1.39. The van der Waals surface area contributed by atoms with Crippen LogP contribution in [0.1, 0.15) is 25.0 Å². The van der Waals surface area contributed by atoms with E-state index in [4.69, 9.17) is 4.52 Å². The monoisotopic (exact) mass is 332 g/mol. The number of carbonyl (C=O) groups excluding carboxylic acids is 2. The van der Waals surface area contributed by atoms with E-state index < -0.39 is 0 Å². The summed E-state index contributed by atoms with van der Waals surface area (Å²) in [6, 6.07) is 1.69. The molecule has 24 heavy (non-hydrogen) atoms. The van der Waals surface area contributed by atoms with Crippen LogP contribution in [0, 0.1) is 12.8 Å². The van der Waals surface area contributed by atoms with Crippen molar-refractivity contribution >= 4 is 17.6 Å². The normalized spacial score (nSPS) is 21.2. The average Bonchev–Trinajstić information content (AvgIpc) is 3.20. The lowest BCUT2D eigenvalue weighted by Gasteiger charge is -2.34. The van der Waals surface area contributed by atoms with Crippen molar-refractivity contribution in [3.8, 4) is 0 Å². The minimum absolute atomic E-state index is 0.112. The molecule has 1 aromatic heterocycles. The first-order chi connectivity index (χ1) is 11.6. The van der Waals surface area contributed by atoms with Gasteiger partial charge in [-0.15, -0.1) is 0 Å². The third-order valence-corrected chi connectivity index (χ3v) is 4.54. The van der Waals surface area contributed by atoms with Crippen LogP contribution in [0.25, 0.3) is 0 Å². The second kappa shape index (κ2) is 7.61. The zero-order valence-corrected chi connectivity index (χ0v) is 14.0. The number of amides is 2. The van der Waals surface area contributed by atoms with Crippen molar-refractivity contribution in [3.05, 3.63) is 24.0 Å². The van der Waals surface area contributed by atoms with Gasteiger partial charge in [-0.05, 0) is 25.7 Å². The number of aromatic nitrogens is 1. The van der Waals surface area contributed by atoms with Crippen molar-refractivity contribution in [3.63, 3.8) is 0 Å². The van der Waals surface area contributed by atoms with Crippen LogP contribution in [-0.2, 0) is 9.59 Å². The molecule has 0 bridgehead atoms. The first-order valence-electron chi connectivity index (χ1n) is 8.50. The lowest BCUT2D eigenvalue weighted by molar-refractivity contribution is -0.133. The topological polar surface area (TPSA) is 78.7 Å². The van der Waals surface area contributed by atoms with Crippen molar-refractivity contribution in [1.29, 1.82) is 0 Å². The molecule has 1 fully saturated rings. The lowest BCUT2D eigenvalue weighted by Crippen LogP contribution is -2.50. The van der Waals surface area contributed by atoms with Gasteiger partial charge in [0.1, 0.15) is 5.76 Å². The number of nitrogens with zero attached hydrogens (tertiary/aromatic N) is 3. The van der Waals surface area contributed by atoms with E-state index in [1.807, 2.05) is 4.90 Å². The number of nitrogens with one attached hydrogen (secondary N) is 1. The first-order valence-corrected chi connectivity index (χ1v) is 8.50. The number of aryl methyl sites for hydroxylation is 1. The summed E-state index contributed by atoms with van der Waals surface area (Å²) >= 11 is 0. The fraction of sp³-hybridized carbons (Fsp3) is 0.588. The molecule has 7 nitrogen and oxygen atoms in total. The van der Waals surface area contributed by atoms with Gasteiger partial charge in [0.05, 0.1) is 6.54 Å². The van der Waals surface area contributed by atoms with Gasteiger partial charge in [-0.2, -0.15) is 0 Å². The van der Waals surface area contributed by atoms with Crippen molar-refractivity contribution in [1.82, 2.24) is 15.0 Å². The molecule has 0 aromatic carbocycles. The average molecular weight is 332 g/mol. The molecule has 0 unspecified atom stereocenters. The van der Waals surface area contributed by atoms with Crippen molar-refractivity contribution in [2.24, 2.45) is 5.92 Å². The van der Waals surface area contributed by atoms with Gasteiger partial charge in [0, 0.05) is 38.7 Å². The van der Waals surface area contributed by atoms with Crippen LogP contribution < -0.4 is 5.32 Å². The highest BCUT2D eigenvalue weighted by atomic mass is 16.5. The smallest absolute Gasteiger partial charge is 0.239 e. The molecule has 1 aliphatic heterocycles. The zero-order valence-electron chi connectivity index (χ0n) is 14.0. The standard InChI is InChI=1S/C17H24N4O3/c1-13-10-15(19-24-13)18-16(22)12-20-6-8-21(9-7-20)17(23)11-14-4-2-3-5-14/h2,4,10,14H,3,5-9,11-12H2,1H3,(H,18,19,22)/t14-/m0/s1. The van der Waals surface area contributed by atoms with E-state index in [1.165, 1.54) is 0 Å². The van der Waals surface area contributed by atoms with Gasteiger partial charge in [-0.25, -0.2) is 0 Å². The highest BCUT2D eigenvalue weighted by molar-refractivity contribution is 5.91. The van der Waals surface area contributed by atoms with E-state index in [1.54, 1.807) is 13.0 Å². The molecule has 0 radical (unpaired) electrons. The van der Waals surface area contributed by atoms with E-state index in [-0.39, 0.29) is 11.8 Å². The molecule has 1 atom stereocenters. The minimum Gasteiger partial charge on any atom is -0.360 e. The fourth-order valence-electron chi connectivity index (χ4n) is 3.18. The molecule has 0 saturated carbocycles. The van der Waals surface area contributed by atoms with Gasteiger partial charge in [0.25, 0.3) is 0 Å². The van der Waals surface area contributed by atoms with Crippen LogP contribution in [0.3, 0.4) is 0 Å². The van der Waals surface area contributed by atoms with E-state index in [2.05, 4.69) is 27.5 Å². The molecule has 2 aliphatic rings. The van der Waals surface area contributed by atoms with Crippen molar-refractivity contribution < 1.29 is 14.1 Å². The third-order valence-electron chi connectivity index (χ3n) is 4.54. The van der Waals surface area contributed by atoms with Crippen molar-refractivity contribution in [2.45, 2.75) is 26.2 Å². The van der Waals surface area contributed by atoms with Gasteiger partial charge in [0.2, 0.25) is 11.8 Å². The van der Waals surface area contributed by atoms with E-state index in [0.29, 0.717) is 43.6 Å². The quantitative estimate of drug-likeness (QED) is 0.825. The Bertz CT molecular complexity index is 617. The Morgan fingerprint density at radius 3 is 2.75 bits per heavy atom. The number of anilines is 1. The number of hydrogen-bond acceptors (Lipinski definition) is 5. The molecular formula is C17H24N4O3. The lowest BCUT2D eigenvalue weighted by atomic mass is 10.0. The summed E-state index contributed by atoms with van der Waals surface area (Å²) in [7, 11) is 0. The molecule has 1 N–H and O–H groups in total. The molecular weight excluding hydrogens is 308 g/mol. The number of allylic oxidation sites excluding steroid dienone is 2. The Morgan fingerprint density at radius 2 is 2.12 bits per heavy atom. The molecule has 1 aliphatic carbocycles. The first kappa shape index (κ1) is 16.7. The molecule has 1 saturated heterocycles. The molecule has 0 spiro atoms. The van der Waals surface area contributed by atoms with E-state index in [0.717, 1.165) is 25.9 Å². The summed E-state index contributed by atoms with van der Waals surface area (Å²) in [5.74, 6) is 1.63. The van der Waals surface area contributed by atoms with Crippen LogP contribution in [0.4, 0.5) is 5.82 Å². The largest absolute Gasteiger partial charge is 0.360 e. The fourth-order valence-corrected chi connectivity index (χ4v) is 3.18. The van der Waals surface area contributed by atoms with Crippen LogP contribution in [0.15, 0.2) is 22.7 Å². The highest BCUT2D eigenvalue weighted by Crippen LogP contribution is 2.21. The second-order valence-electron chi connectivity index (χ2n) is 6.50. The molecule has 130 valence electrons. The number of hydrogen-bond donors (Lipinski definition) is 1. The molecule has 1 aromatic rings. The highest BCUT2D eigenvalue weighted by Gasteiger charge is 2.24. The van der Waals surface area contributed by atoms with Gasteiger partial charge in [0.15, 0.2) is 5.82 Å². The van der Waals surface area contributed by atoms with Gasteiger partial charge in [-0.1, -0.05) is 17.3 Å². The summed E-state index contributed by atoms with van der Waals surface area (Å²) < 4.78 is 4.92. The molecule has 3 rings (SSSR count). The Labute approximate surface area is 141 Å². The Morgan fingerprint density at radius 1 is 1.33 bits per heavy atom. The predicted molar refractivity (Wildman–Crippen MR) is 89.4 cm³/mol. The van der Waals surface area contributed by atoms with E-state index >= 15 is 0 Å². The van der Waals surface area contributed by atoms with E-state index in [9.17, 15) is 9.59 Å². The van der Waals surface area contributed by atoms with Crippen LogP contribution in [0.5, 0.6) is 0 Å². The molecule has 2 heterocycles. The summed E-state index contributed by atoms with van der Waals surface area (Å²) in [6.45, 7) is 4.89. The van der Waals surface area contributed by atoms with Gasteiger partial charge < -0.3 is 14.7 Å². The summed E-state index contributed by atoms with van der Waals surface area (Å²) in [5, 5.41) is 6.47. The number of piperazine rings is 1. The van der Waals surface area contributed by atoms with Crippen LogP contribution >= 0.6 is 0 Å². The molecule has 2 amide bonds. The minimum atomic E-state index is -0.112. The van der Waals surface area contributed by atoms with Crippen LogP contribution in [0.2, 0.25) is 0 Å². The maximum atomic E-state index is 12.3. The Hall–Kier alpha value is -2.15. The maximum absolute atomic E-state index is 12.3. The van der Waals surface area contributed by atoms with Gasteiger partial charge >= 0.3 is 0 Å².